The topological polar surface area (TPSA) is 57.6 Å². The number of aliphatic hydroxyl groups is 1. The van der Waals surface area contributed by atoms with E-state index in [2.05, 4.69) is 6.58 Å². The van der Waals surface area contributed by atoms with Gasteiger partial charge in [-0.15, -0.1) is 0 Å². The van der Waals surface area contributed by atoms with Crippen molar-refractivity contribution < 1.29 is 13.5 Å². The molecule has 1 aromatic carbocycles. The molecule has 0 aromatic heterocycles. The number of benzene rings is 1. The number of sulfonamides is 1. The standard InChI is InChI=1S/C14H19NO3S/c1-10-5-7-12(8-6-10)19(17,18)15-9-11(2)13(16)14(15,3)4/h5-8,13,16H,2,9H2,1,3-4H3/t13-/m1/s1. The molecule has 1 aromatic rings. The van der Waals surface area contributed by atoms with Gasteiger partial charge in [-0.2, -0.15) is 4.31 Å². The molecule has 5 heteroatoms. The minimum Gasteiger partial charge on any atom is -0.387 e. The molecular weight excluding hydrogens is 262 g/mol. The maximum absolute atomic E-state index is 12.6. The number of hydrogen-bond donors (Lipinski definition) is 1. The molecule has 1 aliphatic heterocycles. The van der Waals surface area contributed by atoms with Gasteiger partial charge < -0.3 is 5.11 Å². The molecule has 19 heavy (non-hydrogen) atoms. The lowest BCUT2D eigenvalue weighted by molar-refractivity contribution is 0.107. The van der Waals surface area contributed by atoms with Gasteiger partial charge in [0.05, 0.1) is 16.5 Å². The van der Waals surface area contributed by atoms with E-state index in [9.17, 15) is 13.5 Å². The molecule has 0 bridgehead atoms. The number of hydrogen-bond acceptors (Lipinski definition) is 3. The third kappa shape index (κ3) is 2.22. The highest BCUT2D eigenvalue weighted by molar-refractivity contribution is 7.89. The second-order valence-electron chi connectivity index (χ2n) is 5.54. The maximum atomic E-state index is 12.6. The summed E-state index contributed by atoms with van der Waals surface area (Å²) in [6, 6.07) is 6.71. The molecule has 4 nitrogen and oxygen atoms in total. The molecule has 0 radical (unpaired) electrons. The molecule has 104 valence electrons. The smallest absolute Gasteiger partial charge is 0.243 e. The van der Waals surface area contributed by atoms with Gasteiger partial charge in [0, 0.05) is 6.54 Å². The third-order valence-electron chi connectivity index (χ3n) is 3.65. The molecule has 1 aliphatic rings. The SMILES string of the molecule is C=C1CN(S(=O)(=O)c2ccc(C)cc2)C(C)(C)[C@@H]1O. The Morgan fingerprint density at radius 3 is 2.26 bits per heavy atom. The van der Waals surface area contributed by atoms with Crippen molar-refractivity contribution in [3.63, 3.8) is 0 Å². The van der Waals surface area contributed by atoms with E-state index < -0.39 is 21.7 Å². The minimum atomic E-state index is -3.62. The second-order valence-corrected chi connectivity index (χ2v) is 7.40. The Bertz CT molecular complexity index is 602. The van der Waals surface area contributed by atoms with Crippen molar-refractivity contribution in [3.05, 3.63) is 42.0 Å². The van der Waals surface area contributed by atoms with Crippen molar-refractivity contribution in [2.45, 2.75) is 37.3 Å². The van der Waals surface area contributed by atoms with Crippen LogP contribution >= 0.6 is 0 Å². The normalized spacial score (nSPS) is 23.8. The Morgan fingerprint density at radius 1 is 1.32 bits per heavy atom. The summed E-state index contributed by atoms with van der Waals surface area (Å²) in [5, 5.41) is 10.0. The van der Waals surface area contributed by atoms with Crippen LogP contribution in [0.25, 0.3) is 0 Å². The van der Waals surface area contributed by atoms with Crippen LogP contribution in [0.1, 0.15) is 19.4 Å². The first kappa shape index (κ1) is 14.2. The summed E-state index contributed by atoms with van der Waals surface area (Å²) < 4.78 is 26.6. The molecule has 0 aliphatic carbocycles. The lowest BCUT2D eigenvalue weighted by Gasteiger charge is -2.32. The quantitative estimate of drug-likeness (QED) is 0.839. The van der Waals surface area contributed by atoms with E-state index in [4.69, 9.17) is 0 Å². The molecule has 1 fully saturated rings. The van der Waals surface area contributed by atoms with E-state index in [0.717, 1.165) is 5.56 Å². The summed E-state index contributed by atoms with van der Waals surface area (Å²) in [5.74, 6) is 0. The highest BCUT2D eigenvalue weighted by Crippen LogP contribution is 2.36. The summed E-state index contributed by atoms with van der Waals surface area (Å²) in [6.07, 6.45) is -0.840. The lowest BCUT2D eigenvalue weighted by Crippen LogP contribution is -2.47. The van der Waals surface area contributed by atoms with Gasteiger partial charge in [-0.1, -0.05) is 24.3 Å². The first-order chi connectivity index (χ1) is 8.67. The van der Waals surface area contributed by atoms with Crippen LogP contribution in [0.2, 0.25) is 0 Å². The zero-order valence-corrected chi connectivity index (χ0v) is 12.2. The zero-order valence-electron chi connectivity index (χ0n) is 11.4. The first-order valence-electron chi connectivity index (χ1n) is 6.12. The van der Waals surface area contributed by atoms with Crippen molar-refractivity contribution in [1.82, 2.24) is 4.31 Å². The Labute approximate surface area is 114 Å². The average molecular weight is 281 g/mol. The van der Waals surface area contributed by atoms with E-state index in [1.165, 1.54) is 4.31 Å². The van der Waals surface area contributed by atoms with Crippen molar-refractivity contribution >= 4 is 10.0 Å². The van der Waals surface area contributed by atoms with Crippen molar-refractivity contribution in [2.75, 3.05) is 6.54 Å². The second kappa shape index (κ2) is 4.44. The van der Waals surface area contributed by atoms with Crippen LogP contribution in [0.4, 0.5) is 0 Å². The van der Waals surface area contributed by atoms with Gasteiger partial charge in [0.15, 0.2) is 0 Å². The van der Waals surface area contributed by atoms with Crippen LogP contribution in [0, 0.1) is 6.92 Å². The Hall–Kier alpha value is -1.17. The van der Waals surface area contributed by atoms with E-state index in [-0.39, 0.29) is 11.4 Å². The van der Waals surface area contributed by atoms with Gasteiger partial charge in [-0.3, -0.25) is 0 Å². The fourth-order valence-electron chi connectivity index (χ4n) is 2.34. The van der Waals surface area contributed by atoms with Crippen molar-refractivity contribution in [2.24, 2.45) is 0 Å². The number of aliphatic hydroxyl groups excluding tert-OH is 1. The molecule has 1 saturated heterocycles. The molecule has 1 N–H and O–H groups in total. The molecule has 0 spiro atoms. The monoisotopic (exact) mass is 281 g/mol. The Balaban J connectivity index is 2.46. The minimum absolute atomic E-state index is 0.157. The van der Waals surface area contributed by atoms with Crippen LogP contribution in [-0.4, -0.2) is 36.0 Å². The van der Waals surface area contributed by atoms with Crippen LogP contribution in [0.5, 0.6) is 0 Å². The summed E-state index contributed by atoms with van der Waals surface area (Å²) in [5.41, 5.74) is 0.658. The van der Waals surface area contributed by atoms with Crippen LogP contribution in [0.3, 0.4) is 0 Å². The van der Waals surface area contributed by atoms with Crippen LogP contribution in [0.15, 0.2) is 41.3 Å². The average Bonchev–Trinajstić information content (AvgIpc) is 2.54. The van der Waals surface area contributed by atoms with Gasteiger partial charge in [0.2, 0.25) is 10.0 Å². The van der Waals surface area contributed by atoms with Gasteiger partial charge in [-0.05, 0) is 38.5 Å². The van der Waals surface area contributed by atoms with Crippen molar-refractivity contribution in [1.29, 1.82) is 0 Å². The predicted molar refractivity (Wildman–Crippen MR) is 74.3 cm³/mol. The summed E-state index contributed by atoms with van der Waals surface area (Å²) in [7, 11) is -3.62. The lowest BCUT2D eigenvalue weighted by atomic mass is 9.98. The number of aryl methyl sites for hydroxylation is 1. The summed E-state index contributed by atoms with van der Waals surface area (Å²) in [6.45, 7) is 9.23. The van der Waals surface area contributed by atoms with Gasteiger partial charge >= 0.3 is 0 Å². The maximum Gasteiger partial charge on any atom is 0.243 e. The third-order valence-corrected chi connectivity index (χ3v) is 5.70. The van der Waals surface area contributed by atoms with E-state index in [1.807, 2.05) is 6.92 Å². The van der Waals surface area contributed by atoms with E-state index in [1.54, 1.807) is 38.1 Å². The van der Waals surface area contributed by atoms with Gasteiger partial charge in [0.1, 0.15) is 0 Å². The highest BCUT2D eigenvalue weighted by atomic mass is 32.2. The Morgan fingerprint density at radius 2 is 1.84 bits per heavy atom. The molecule has 0 saturated carbocycles. The molecule has 0 amide bonds. The predicted octanol–water partition coefficient (Wildman–Crippen LogP) is 1.70. The summed E-state index contributed by atoms with van der Waals surface area (Å²) >= 11 is 0. The van der Waals surface area contributed by atoms with Crippen LogP contribution < -0.4 is 0 Å². The fourth-order valence-corrected chi connectivity index (χ4v) is 4.13. The molecule has 1 heterocycles. The Kier molecular flexibility index (Phi) is 3.33. The first-order valence-corrected chi connectivity index (χ1v) is 7.56. The zero-order chi connectivity index (χ0) is 14.4. The number of nitrogens with zero attached hydrogens (tertiary/aromatic N) is 1. The molecule has 0 unspecified atom stereocenters. The van der Waals surface area contributed by atoms with Crippen molar-refractivity contribution in [3.8, 4) is 0 Å². The highest BCUT2D eigenvalue weighted by Gasteiger charge is 2.48. The van der Waals surface area contributed by atoms with E-state index in [0.29, 0.717) is 5.57 Å². The van der Waals surface area contributed by atoms with Gasteiger partial charge in [-0.25, -0.2) is 8.42 Å². The molecule has 1 atom stereocenters. The van der Waals surface area contributed by atoms with Gasteiger partial charge in [0.25, 0.3) is 0 Å². The van der Waals surface area contributed by atoms with Crippen LogP contribution in [-0.2, 0) is 10.0 Å². The fraction of sp³-hybridized carbons (Fsp3) is 0.429. The van der Waals surface area contributed by atoms with E-state index >= 15 is 0 Å². The summed E-state index contributed by atoms with van der Waals surface area (Å²) in [4.78, 5) is 0.244. The molecule has 2 rings (SSSR count). The number of rotatable bonds is 2. The largest absolute Gasteiger partial charge is 0.387 e. The molecular formula is C14H19NO3S.